The molecule has 7 nitrogen and oxygen atoms in total. The molecule has 0 spiro atoms. The van der Waals surface area contributed by atoms with Gasteiger partial charge in [-0.15, -0.1) is 0 Å². The third kappa shape index (κ3) is 5.46. The van der Waals surface area contributed by atoms with Gasteiger partial charge in [-0.2, -0.15) is 0 Å². The SMILES string of the molecule is Cc1cccc(NC(=O)CN2C(=O)S/C(=C\C(=O)Nc3ccc(Cl)cc3)C2=O)c1. The molecule has 1 saturated heterocycles. The maximum atomic E-state index is 12.4. The van der Waals surface area contributed by atoms with Crippen LogP contribution in [0, 0.1) is 6.92 Å². The lowest BCUT2D eigenvalue weighted by molar-refractivity contribution is -0.127. The van der Waals surface area contributed by atoms with Crippen molar-refractivity contribution < 1.29 is 19.2 Å². The van der Waals surface area contributed by atoms with Gasteiger partial charge < -0.3 is 10.6 Å². The Balaban J connectivity index is 1.62. The van der Waals surface area contributed by atoms with Crippen LogP contribution < -0.4 is 10.6 Å². The molecular weight excluding hydrogens is 414 g/mol. The highest BCUT2D eigenvalue weighted by Gasteiger charge is 2.36. The van der Waals surface area contributed by atoms with Crippen molar-refractivity contribution >= 4 is 57.7 Å². The number of halogens is 1. The summed E-state index contributed by atoms with van der Waals surface area (Å²) >= 11 is 6.40. The zero-order valence-electron chi connectivity index (χ0n) is 15.3. The Bertz CT molecular complexity index is 1020. The first-order valence-electron chi connectivity index (χ1n) is 8.50. The third-order valence-electron chi connectivity index (χ3n) is 3.85. The molecule has 0 saturated carbocycles. The molecular formula is C20H16ClN3O4S. The number of carbonyl (C=O) groups excluding carboxylic acids is 4. The maximum Gasteiger partial charge on any atom is 0.294 e. The minimum Gasteiger partial charge on any atom is -0.325 e. The number of aryl methyl sites for hydroxylation is 1. The summed E-state index contributed by atoms with van der Waals surface area (Å²) < 4.78 is 0. The van der Waals surface area contributed by atoms with E-state index in [1.807, 2.05) is 13.0 Å². The Morgan fingerprint density at radius 1 is 1.07 bits per heavy atom. The number of hydrogen-bond donors (Lipinski definition) is 2. The van der Waals surface area contributed by atoms with E-state index in [1.165, 1.54) is 0 Å². The lowest BCUT2D eigenvalue weighted by Crippen LogP contribution is -2.36. The summed E-state index contributed by atoms with van der Waals surface area (Å²) in [4.78, 5) is 49.6. The molecule has 4 amide bonds. The predicted molar refractivity (Wildman–Crippen MR) is 113 cm³/mol. The summed E-state index contributed by atoms with van der Waals surface area (Å²) in [7, 11) is 0. The summed E-state index contributed by atoms with van der Waals surface area (Å²) in [5.74, 6) is -1.77. The van der Waals surface area contributed by atoms with Crippen molar-refractivity contribution in [2.24, 2.45) is 0 Å². The minimum absolute atomic E-state index is 0.0511. The molecule has 29 heavy (non-hydrogen) atoms. The van der Waals surface area contributed by atoms with E-state index in [-0.39, 0.29) is 4.91 Å². The number of rotatable bonds is 5. The highest BCUT2D eigenvalue weighted by atomic mass is 35.5. The fraction of sp³-hybridized carbons (Fsp3) is 0.100. The van der Waals surface area contributed by atoms with E-state index in [2.05, 4.69) is 10.6 Å². The number of anilines is 2. The van der Waals surface area contributed by atoms with Crippen LogP contribution in [0.2, 0.25) is 5.02 Å². The molecule has 2 aromatic rings. The number of nitrogens with one attached hydrogen (secondary N) is 2. The predicted octanol–water partition coefficient (Wildman–Crippen LogP) is 3.80. The van der Waals surface area contributed by atoms with E-state index < -0.39 is 29.5 Å². The molecule has 1 aliphatic heterocycles. The van der Waals surface area contributed by atoms with Crippen molar-refractivity contribution in [3.05, 3.63) is 70.1 Å². The van der Waals surface area contributed by atoms with Gasteiger partial charge in [0.15, 0.2) is 0 Å². The molecule has 2 N–H and O–H groups in total. The molecule has 1 heterocycles. The van der Waals surface area contributed by atoms with E-state index in [0.29, 0.717) is 28.2 Å². The normalized spacial score (nSPS) is 15.0. The number of nitrogens with zero attached hydrogens (tertiary/aromatic N) is 1. The fourth-order valence-corrected chi connectivity index (χ4v) is 3.47. The zero-order chi connectivity index (χ0) is 21.0. The number of imide groups is 1. The van der Waals surface area contributed by atoms with Crippen molar-refractivity contribution in [2.75, 3.05) is 17.2 Å². The summed E-state index contributed by atoms with van der Waals surface area (Å²) in [5, 5.41) is 5.13. The molecule has 0 bridgehead atoms. The fourth-order valence-electron chi connectivity index (χ4n) is 2.53. The summed E-state index contributed by atoms with van der Waals surface area (Å²) in [6.07, 6.45) is 1.04. The lowest BCUT2D eigenvalue weighted by Gasteiger charge is -2.12. The average molecular weight is 430 g/mol. The van der Waals surface area contributed by atoms with Crippen LogP contribution in [-0.2, 0) is 14.4 Å². The quantitative estimate of drug-likeness (QED) is 0.705. The Kier molecular flexibility index (Phi) is 6.36. The molecule has 0 aromatic heterocycles. The van der Waals surface area contributed by atoms with Gasteiger partial charge in [0.25, 0.3) is 11.1 Å². The van der Waals surface area contributed by atoms with Crippen molar-refractivity contribution in [1.29, 1.82) is 0 Å². The van der Waals surface area contributed by atoms with E-state index in [0.717, 1.165) is 16.5 Å². The maximum absolute atomic E-state index is 12.4. The molecule has 9 heteroatoms. The molecule has 0 radical (unpaired) electrons. The second kappa shape index (κ2) is 8.93. The first-order valence-corrected chi connectivity index (χ1v) is 9.70. The van der Waals surface area contributed by atoms with Crippen LogP contribution in [0.5, 0.6) is 0 Å². The molecule has 3 rings (SSSR count). The van der Waals surface area contributed by atoms with Gasteiger partial charge in [-0.1, -0.05) is 23.7 Å². The highest BCUT2D eigenvalue weighted by molar-refractivity contribution is 8.18. The van der Waals surface area contributed by atoms with Crippen LogP contribution in [0.15, 0.2) is 59.5 Å². The smallest absolute Gasteiger partial charge is 0.294 e. The first-order chi connectivity index (χ1) is 13.8. The third-order valence-corrected chi connectivity index (χ3v) is 5.01. The standard InChI is InChI=1S/C20H16ClN3O4S/c1-12-3-2-4-15(9-12)23-18(26)11-24-19(27)16(29-20(24)28)10-17(25)22-14-7-5-13(21)6-8-14/h2-10H,11H2,1H3,(H,22,25)(H,23,26)/b16-10-. The number of amides is 4. The van der Waals surface area contributed by atoms with Crippen molar-refractivity contribution in [3.63, 3.8) is 0 Å². The van der Waals surface area contributed by atoms with Crippen LogP contribution in [0.25, 0.3) is 0 Å². The minimum atomic E-state index is -0.689. The van der Waals surface area contributed by atoms with Crippen LogP contribution in [-0.4, -0.2) is 34.4 Å². The topological polar surface area (TPSA) is 95.6 Å². The number of hydrogen-bond acceptors (Lipinski definition) is 5. The van der Waals surface area contributed by atoms with Crippen LogP contribution in [0.4, 0.5) is 16.2 Å². The Hall–Kier alpha value is -3.10. The van der Waals surface area contributed by atoms with Gasteiger partial charge in [0.2, 0.25) is 11.8 Å². The van der Waals surface area contributed by atoms with Crippen molar-refractivity contribution in [1.82, 2.24) is 4.90 Å². The second-order valence-electron chi connectivity index (χ2n) is 6.18. The van der Waals surface area contributed by atoms with Gasteiger partial charge in [0.05, 0.1) is 4.91 Å². The van der Waals surface area contributed by atoms with E-state index in [9.17, 15) is 19.2 Å². The largest absolute Gasteiger partial charge is 0.325 e. The van der Waals surface area contributed by atoms with Crippen LogP contribution in [0.1, 0.15) is 5.56 Å². The Labute approximate surface area is 176 Å². The molecule has 0 atom stereocenters. The number of carbonyl (C=O) groups is 4. The van der Waals surface area contributed by atoms with Gasteiger partial charge in [0, 0.05) is 22.5 Å². The molecule has 148 valence electrons. The summed E-state index contributed by atoms with van der Waals surface area (Å²) in [6.45, 7) is 1.45. The van der Waals surface area contributed by atoms with Gasteiger partial charge in [0.1, 0.15) is 6.54 Å². The van der Waals surface area contributed by atoms with Crippen molar-refractivity contribution in [2.45, 2.75) is 6.92 Å². The lowest BCUT2D eigenvalue weighted by atomic mass is 10.2. The molecule has 0 aliphatic carbocycles. The number of thioether (sulfide) groups is 1. The highest BCUT2D eigenvalue weighted by Crippen LogP contribution is 2.30. The Morgan fingerprint density at radius 2 is 1.79 bits per heavy atom. The average Bonchev–Trinajstić information content (AvgIpc) is 2.91. The van der Waals surface area contributed by atoms with E-state index in [4.69, 9.17) is 11.6 Å². The van der Waals surface area contributed by atoms with Crippen LogP contribution >= 0.6 is 23.4 Å². The van der Waals surface area contributed by atoms with Crippen LogP contribution in [0.3, 0.4) is 0 Å². The van der Waals surface area contributed by atoms with Gasteiger partial charge >= 0.3 is 0 Å². The molecule has 0 unspecified atom stereocenters. The zero-order valence-corrected chi connectivity index (χ0v) is 16.8. The van der Waals surface area contributed by atoms with Gasteiger partial charge in [-0.25, -0.2) is 0 Å². The van der Waals surface area contributed by atoms with Gasteiger partial charge in [-0.05, 0) is 60.6 Å². The summed E-state index contributed by atoms with van der Waals surface area (Å²) in [6, 6.07) is 13.6. The molecule has 2 aromatic carbocycles. The van der Waals surface area contributed by atoms with Gasteiger partial charge in [-0.3, -0.25) is 24.1 Å². The first kappa shape index (κ1) is 20.6. The summed E-state index contributed by atoms with van der Waals surface area (Å²) in [5.41, 5.74) is 2.02. The number of benzene rings is 2. The monoisotopic (exact) mass is 429 g/mol. The molecule has 1 fully saturated rings. The van der Waals surface area contributed by atoms with E-state index in [1.54, 1.807) is 42.5 Å². The van der Waals surface area contributed by atoms with E-state index >= 15 is 0 Å². The van der Waals surface area contributed by atoms with Crippen molar-refractivity contribution in [3.8, 4) is 0 Å². The molecule has 1 aliphatic rings. The second-order valence-corrected chi connectivity index (χ2v) is 7.61. The Morgan fingerprint density at radius 3 is 2.48 bits per heavy atom.